The van der Waals surface area contributed by atoms with E-state index in [1.54, 1.807) is 35.2 Å². The van der Waals surface area contributed by atoms with Crippen LogP contribution in [0.2, 0.25) is 0 Å². The van der Waals surface area contributed by atoms with Crippen LogP contribution in [-0.2, 0) is 20.0 Å². The molecule has 2 aliphatic carbocycles. The Hall–Kier alpha value is -4.75. The van der Waals surface area contributed by atoms with Crippen LogP contribution in [0.5, 0.6) is 0 Å². The number of fused-ring (bicyclic) bond motifs is 1. The third-order valence-corrected chi connectivity index (χ3v) is 9.25. The van der Waals surface area contributed by atoms with Gasteiger partial charge >= 0.3 is 0 Å². The summed E-state index contributed by atoms with van der Waals surface area (Å²) < 4.78 is 32.5. The molecule has 4 aromatic rings. The first kappa shape index (κ1) is 29.0. The van der Waals surface area contributed by atoms with Crippen molar-refractivity contribution in [1.29, 1.82) is 5.26 Å². The van der Waals surface area contributed by atoms with E-state index in [1.165, 1.54) is 11.0 Å². The van der Waals surface area contributed by atoms with Crippen LogP contribution in [0.15, 0.2) is 54.4 Å². The Kier molecular flexibility index (Phi) is 7.09. The van der Waals surface area contributed by atoms with Crippen molar-refractivity contribution in [1.82, 2.24) is 19.7 Å². The summed E-state index contributed by atoms with van der Waals surface area (Å²) in [5, 5.41) is 28.3. The average Bonchev–Trinajstić information content (AvgIpc) is 3.71. The second-order valence-electron chi connectivity index (χ2n) is 12.6. The first-order valence-electron chi connectivity index (χ1n) is 15.2. The first-order chi connectivity index (χ1) is 21.6. The summed E-state index contributed by atoms with van der Waals surface area (Å²) in [5.41, 5.74) is 4.00. The summed E-state index contributed by atoms with van der Waals surface area (Å²) in [6, 6.07) is 12.7. The van der Waals surface area contributed by atoms with Gasteiger partial charge in [-0.05, 0) is 98.9 Å². The average molecular weight is 607 g/mol. The lowest BCUT2D eigenvalue weighted by molar-refractivity contribution is -0.0322. The van der Waals surface area contributed by atoms with Gasteiger partial charge < -0.3 is 9.67 Å². The van der Waals surface area contributed by atoms with Gasteiger partial charge in [0.1, 0.15) is 12.1 Å². The SMILES string of the molecule is C/C(=C/Cc1cc2c(c(F)c1F)CN(c1cc(-c3ccc(C#N)cc3-c3nncn3C)cc(C3CC3)n1)C2=O)CC1(O)CCC1. The minimum Gasteiger partial charge on any atom is -0.390 e. The summed E-state index contributed by atoms with van der Waals surface area (Å²) in [5.74, 6) is -1.23. The standard InChI is InChI=1S/C35H32F2N6O2/c1-20(16-35(45)10-3-11-35)4-6-23-13-27-28(32(37)31(23)36)18-43(34(27)44)30-15-24(14-29(40-30)22-7-8-22)25-9-5-21(17-38)12-26(25)33-41-39-19-42(33)2/h4-5,9,12-15,19,22,45H,3,6-8,10-11,16,18H2,1-2H3/b20-4-. The van der Waals surface area contributed by atoms with Crippen LogP contribution < -0.4 is 4.90 Å². The predicted octanol–water partition coefficient (Wildman–Crippen LogP) is 6.53. The number of carbonyl (C=O) groups is 1. The molecule has 0 saturated heterocycles. The number of nitriles is 1. The number of hydrogen-bond donors (Lipinski definition) is 1. The van der Waals surface area contributed by atoms with Gasteiger partial charge in [-0.2, -0.15) is 5.26 Å². The van der Waals surface area contributed by atoms with E-state index < -0.39 is 23.1 Å². The van der Waals surface area contributed by atoms with E-state index in [0.717, 1.165) is 54.5 Å². The number of hydrogen-bond acceptors (Lipinski definition) is 6. The number of aryl methyl sites for hydroxylation is 1. The molecule has 2 aromatic carbocycles. The van der Waals surface area contributed by atoms with Crippen molar-refractivity contribution < 1.29 is 18.7 Å². The molecule has 0 radical (unpaired) electrons. The molecule has 45 heavy (non-hydrogen) atoms. The highest BCUT2D eigenvalue weighted by Crippen LogP contribution is 2.43. The second-order valence-corrected chi connectivity index (χ2v) is 12.6. The molecule has 7 rings (SSSR count). The number of rotatable bonds is 8. The Balaban J connectivity index is 1.24. The van der Waals surface area contributed by atoms with Crippen molar-refractivity contribution >= 4 is 11.7 Å². The van der Waals surface area contributed by atoms with Gasteiger partial charge in [-0.1, -0.05) is 17.7 Å². The molecule has 2 aromatic heterocycles. The Labute approximate surface area is 259 Å². The molecule has 3 heterocycles. The summed E-state index contributed by atoms with van der Waals surface area (Å²) in [6.45, 7) is 1.74. The van der Waals surface area contributed by atoms with Gasteiger partial charge in [-0.3, -0.25) is 9.69 Å². The number of halogens is 2. The number of benzene rings is 2. The lowest BCUT2D eigenvalue weighted by Gasteiger charge is -2.37. The minimum absolute atomic E-state index is 0.0176. The van der Waals surface area contributed by atoms with Crippen LogP contribution in [0, 0.1) is 23.0 Å². The molecule has 228 valence electrons. The zero-order chi connectivity index (χ0) is 31.5. The number of carbonyl (C=O) groups excluding carboxylic acids is 1. The number of amides is 1. The summed E-state index contributed by atoms with van der Waals surface area (Å²) in [7, 11) is 1.82. The van der Waals surface area contributed by atoms with E-state index >= 15 is 8.78 Å². The molecule has 10 heteroatoms. The van der Waals surface area contributed by atoms with Gasteiger partial charge in [0, 0.05) is 35.3 Å². The number of nitrogens with zero attached hydrogens (tertiary/aromatic N) is 6. The zero-order valence-electron chi connectivity index (χ0n) is 25.1. The van der Waals surface area contributed by atoms with E-state index in [9.17, 15) is 15.2 Å². The van der Waals surface area contributed by atoms with Crippen LogP contribution in [-0.4, -0.2) is 36.4 Å². The fourth-order valence-electron chi connectivity index (χ4n) is 6.40. The maximum atomic E-state index is 15.5. The molecule has 1 amide bonds. The highest BCUT2D eigenvalue weighted by molar-refractivity contribution is 6.10. The summed E-state index contributed by atoms with van der Waals surface area (Å²) >= 11 is 0. The monoisotopic (exact) mass is 606 g/mol. The number of aromatic nitrogens is 4. The lowest BCUT2D eigenvalue weighted by Crippen LogP contribution is -2.36. The van der Waals surface area contributed by atoms with Crippen LogP contribution in [0.1, 0.15) is 84.1 Å². The zero-order valence-corrected chi connectivity index (χ0v) is 25.1. The quantitative estimate of drug-likeness (QED) is 0.229. The van der Waals surface area contributed by atoms with Crippen molar-refractivity contribution in [3.63, 3.8) is 0 Å². The molecule has 1 N–H and O–H groups in total. The molecule has 1 aliphatic heterocycles. The van der Waals surface area contributed by atoms with Gasteiger partial charge in [0.15, 0.2) is 17.5 Å². The largest absolute Gasteiger partial charge is 0.390 e. The summed E-state index contributed by atoms with van der Waals surface area (Å²) in [4.78, 5) is 20.0. The minimum atomic E-state index is -1.02. The highest BCUT2D eigenvalue weighted by atomic mass is 19.2. The van der Waals surface area contributed by atoms with Gasteiger partial charge in [0.2, 0.25) is 0 Å². The highest BCUT2D eigenvalue weighted by Gasteiger charge is 2.36. The molecule has 0 spiro atoms. The van der Waals surface area contributed by atoms with Crippen LogP contribution in [0.3, 0.4) is 0 Å². The first-order valence-corrected chi connectivity index (χ1v) is 15.2. The van der Waals surface area contributed by atoms with E-state index in [1.807, 2.05) is 26.1 Å². The van der Waals surface area contributed by atoms with Gasteiger partial charge in [0.05, 0.1) is 23.8 Å². The number of anilines is 1. The number of aliphatic hydroxyl groups is 1. The molecule has 2 fully saturated rings. The second kappa shape index (κ2) is 11.0. The van der Waals surface area contributed by atoms with E-state index in [2.05, 4.69) is 16.3 Å². The van der Waals surface area contributed by atoms with Crippen molar-refractivity contribution in [2.24, 2.45) is 7.05 Å². The van der Waals surface area contributed by atoms with Crippen molar-refractivity contribution in [2.45, 2.75) is 69.9 Å². The molecule has 2 saturated carbocycles. The topological polar surface area (TPSA) is 108 Å². The Morgan fingerprint density at radius 2 is 1.93 bits per heavy atom. The maximum Gasteiger partial charge on any atom is 0.260 e. The van der Waals surface area contributed by atoms with Crippen molar-refractivity contribution in [3.8, 4) is 28.6 Å². The molecule has 0 bridgehead atoms. The normalized spacial score (nSPS) is 17.3. The molecular formula is C35H32F2N6O2. The Bertz CT molecular complexity index is 1930. The maximum absolute atomic E-state index is 15.5. The Morgan fingerprint density at radius 1 is 1.13 bits per heavy atom. The Morgan fingerprint density at radius 3 is 2.60 bits per heavy atom. The van der Waals surface area contributed by atoms with Gasteiger partial charge in [0.25, 0.3) is 5.91 Å². The number of allylic oxidation sites excluding steroid dienone is 1. The van der Waals surface area contributed by atoms with Gasteiger partial charge in [-0.25, -0.2) is 13.8 Å². The van der Waals surface area contributed by atoms with E-state index in [4.69, 9.17) is 4.98 Å². The third kappa shape index (κ3) is 5.31. The van der Waals surface area contributed by atoms with Crippen LogP contribution in [0.25, 0.3) is 22.5 Å². The van der Waals surface area contributed by atoms with E-state index in [0.29, 0.717) is 29.2 Å². The van der Waals surface area contributed by atoms with Crippen LogP contribution >= 0.6 is 0 Å². The molecule has 3 aliphatic rings. The smallest absolute Gasteiger partial charge is 0.260 e. The van der Waals surface area contributed by atoms with Crippen molar-refractivity contribution in [3.05, 3.63) is 94.0 Å². The van der Waals surface area contributed by atoms with E-state index in [-0.39, 0.29) is 35.6 Å². The predicted molar refractivity (Wildman–Crippen MR) is 164 cm³/mol. The fraction of sp³-hybridized carbons (Fsp3) is 0.343. The fourth-order valence-corrected chi connectivity index (χ4v) is 6.40. The molecular weight excluding hydrogens is 574 g/mol. The molecule has 0 atom stereocenters. The number of pyridine rings is 1. The van der Waals surface area contributed by atoms with Crippen molar-refractivity contribution in [2.75, 3.05) is 4.90 Å². The van der Waals surface area contributed by atoms with Gasteiger partial charge in [-0.15, -0.1) is 10.2 Å². The molecule has 0 unspecified atom stereocenters. The lowest BCUT2D eigenvalue weighted by atomic mass is 9.76. The summed E-state index contributed by atoms with van der Waals surface area (Å²) in [6.07, 6.45) is 8.43. The third-order valence-electron chi connectivity index (χ3n) is 9.25. The molecule has 8 nitrogen and oxygen atoms in total. The van der Waals surface area contributed by atoms with Crippen LogP contribution in [0.4, 0.5) is 14.6 Å².